The van der Waals surface area contributed by atoms with Crippen molar-refractivity contribution in [1.29, 1.82) is 0 Å². The minimum atomic E-state index is -0.492. The number of rotatable bonds is 2. The summed E-state index contributed by atoms with van der Waals surface area (Å²) in [4.78, 5) is 26.2. The summed E-state index contributed by atoms with van der Waals surface area (Å²) in [5.74, 6) is 0. The maximum atomic E-state index is 12.2. The van der Waals surface area contributed by atoms with Gasteiger partial charge in [-0.3, -0.25) is 14.3 Å². The number of hydrogen-bond acceptors (Lipinski definition) is 2. The third-order valence-electron chi connectivity index (χ3n) is 2.59. The minimum absolute atomic E-state index is 0.0667. The van der Waals surface area contributed by atoms with Gasteiger partial charge in [-0.2, -0.15) is 0 Å². The Morgan fingerprint density at radius 1 is 1.28 bits per heavy atom. The van der Waals surface area contributed by atoms with Gasteiger partial charge < -0.3 is 0 Å². The molecule has 0 aliphatic carbocycles. The molecule has 0 radical (unpaired) electrons. The second-order valence-electron chi connectivity index (χ2n) is 3.68. The van der Waals surface area contributed by atoms with Gasteiger partial charge in [-0.15, -0.1) is 0 Å². The predicted octanol–water partition coefficient (Wildman–Crippen LogP) is 2.64. The van der Waals surface area contributed by atoms with Crippen molar-refractivity contribution in [3.63, 3.8) is 0 Å². The number of benzene rings is 1. The number of nitrogens with one attached hydrogen (secondary N) is 1. The van der Waals surface area contributed by atoms with Gasteiger partial charge in [0.05, 0.1) is 5.56 Å². The zero-order valence-corrected chi connectivity index (χ0v) is 11.9. The van der Waals surface area contributed by atoms with E-state index in [0.29, 0.717) is 17.7 Å². The summed E-state index contributed by atoms with van der Waals surface area (Å²) in [6.45, 7) is 2.03. The summed E-state index contributed by atoms with van der Waals surface area (Å²) < 4.78 is 2.02. The van der Waals surface area contributed by atoms with E-state index in [4.69, 9.17) is 11.6 Å². The van der Waals surface area contributed by atoms with Crippen molar-refractivity contribution in [2.75, 3.05) is 0 Å². The Balaban J connectivity index is 2.75. The first-order valence-electron chi connectivity index (χ1n) is 5.33. The van der Waals surface area contributed by atoms with Crippen molar-refractivity contribution in [3.05, 3.63) is 54.7 Å². The van der Waals surface area contributed by atoms with Gasteiger partial charge in [0, 0.05) is 11.0 Å². The molecule has 0 amide bonds. The highest BCUT2D eigenvalue weighted by Gasteiger charge is 2.13. The number of halogens is 2. The lowest BCUT2D eigenvalue weighted by atomic mass is 10.1. The lowest BCUT2D eigenvalue weighted by molar-refractivity contribution is 0.675. The third-order valence-corrected chi connectivity index (χ3v) is 3.40. The SMILES string of the molecule is CCn1c(=O)[nH]c(Cl)c(-c2ccc(Br)cc2)c1=O. The Labute approximate surface area is 116 Å². The van der Waals surface area contributed by atoms with E-state index in [1.807, 2.05) is 12.1 Å². The molecule has 0 spiro atoms. The summed E-state index contributed by atoms with van der Waals surface area (Å²) in [6, 6.07) is 7.16. The molecule has 0 aliphatic heterocycles. The van der Waals surface area contributed by atoms with E-state index in [2.05, 4.69) is 20.9 Å². The van der Waals surface area contributed by atoms with Crippen LogP contribution in [-0.2, 0) is 6.54 Å². The van der Waals surface area contributed by atoms with Crippen LogP contribution in [0.15, 0.2) is 38.3 Å². The quantitative estimate of drug-likeness (QED) is 0.861. The number of aromatic amines is 1. The first-order chi connectivity index (χ1) is 8.54. The molecule has 94 valence electrons. The first kappa shape index (κ1) is 13.1. The largest absolute Gasteiger partial charge is 0.329 e. The summed E-state index contributed by atoms with van der Waals surface area (Å²) in [5.41, 5.74) is 0.110. The first-order valence-corrected chi connectivity index (χ1v) is 6.50. The van der Waals surface area contributed by atoms with E-state index in [-0.39, 0.29) is 10.7 Å². The van der Waals surface area contributed by atoms with Crippen LogP contribution in [0.2, 0.25) is 5.15 Å². The van der Waals surface area contributed by atoms with Gasteiger partial charge in [0.25, 0.3) is 5.56 Å². The van der Waals surface area contributed by atoms with Crippen LogP contribution in [0.4, 0.5) is 0 Å². The Hall–Kier alpha value is -1.33. The second kappa shape index (κ2) is 5.12. The molecule has 1 heterocycles. The third kappa shape index (κ3) is 2.28. The lowest BCUT2D eigenvalue weighted by Gasteiger charge is -2.07. The highest BCUT2D eigenvalue weighted by Crippen LogP contribution is 2.23. The van der Waals surface area contributed by atoms with Crippen molar-refractivity contribution >= 4 is 27.5 Å². The molecular formula is C12H10BrClN2O2. The smallest absolute Gasteiger partial charge is 0.297 e. The fourth-order valence-electron chi connectivity index (χ4n) is 1.70. The van der Waals surface area contributed by atoms with Gasteiger partial charge >= 0.3 is 5.69 Å². The fourth-order valence-corrected chi connectivity index (χ4v) is 2.23. The predicted molar refractivity (Wildman–Crippen MR) is 75.1 cm³/mol. The fraction of sp³-hybridized carbons (Fsp3) is 0.167. The molecule has 0 bridgehead atoms. The molecule has 0 saturated heterocycles. The molecule has 2 rings (SSSR count). The van der Waals surface area contributed by atoms with E-state index in [0.717, 1.165) is 9.04 Å². The molecular weight excluding hydrogens is 320 g/mol. The number of aromatic nitrogens is 2. The van der Waals surface area contributed by atoms with Gasteiger partial charge in [-0.25, -0.2) is 4.79 Å². The van der Waals surface area contributed by atoms with Crippen LogP contribution in [0.25, 0.3) is 11.1 Å². The van der Waals surface area contributed by atoms with Crippen molar-refractivity contribution in [2.24, 2.45) is 0 Å². The van der Waals surface area contributed by atoms with Crippen LogP contribution in [0.1, 0.15) is 6.92 Å². The normalized spacial score (nSPS) is 10.6. The van der Waals surface area contributed by atoms with Gasteiger partial charge in [-0.05, 0) is 24.6 Å². The molecule has 6 heteroatoms. The van der Waals surface area contributed by atoms with Crippen LogP contribution in [-0.4, -0.2) is 9.55 Å². The Morgan fingerprint density at radius 3 is 2.44 bits per heavy atom. The van der Waals surface area contributed by atoms with Gasteiger partial charge in [0.15, 0.2) is 0 Å². The summed E-state index contributed by atoms with van der Waals surface area (Å²) in [6.07, 6.45) is 0. The van der Waals surface area contributed by atoms with Crippen molar-refractivity contribution < 1.29 is 0 Å². The average molecular weight is 330 g/mol. The summed E-state index contributed by atoms with van der Waals surface area (Å²) in [7, 11) is 0. The monoisotopic (exact) mass is 328 g/mol. The molecule has 0 atom stereocenters. The molecule has 1 aromatic carbocycles. The average Bonchev–Trinajstić information content (AvgIpc) is 2.31. The molecule has 2 aromatic rings. The standard InChI is InChI=1S/C12H10BrClN2O2/c1-2-16-11(17)9(10(14)15-12(16)18)7-3-5-8(13)6-4-7/h3-6H,2H2,1H3,(H,15,18). The maximum absolute atomic E-state index is 12.2. The highest BCUT2D eigenvalue weighted by atomic mass is 79.9. The van der Waals surface area contributed by atoms with Crippen molar-refractivity contribution in [2.45, 2.75) is 13.5 Å². The minimum Gasteiger partial charge on any atom is -0.297 e. The summed E-state index contributed by atoms with van der Waals surface area (Å²) in [5, 5.41) is 0.0667. The molecule has 0 aliphatic rings. The second-order valence-corrected chi connectivity index (χ2v) is 4.97. The summed E-state index contributed by atoms with van der Waals surface area (Å²) >= 11 is 9.28. The van der Waals surface area contributed by atoms with Gasteiger partial charge in [0.1, 0.15) is 5.15 Å². The van der Waals surface area contributed by atoms with E-state index >= 15 is 0 Å². The number of H-pyrrole nitrogens is 1. The molecule has 1 aromatic heterocycles. The van der Waals surface area contributed by atoms with E-state index in [9.17, 15) is 9.59 Å². The number of nitrogens with zero attached hydrogens (tertiary/aromatic N) is 1. The maximum Gasteiger partial charge on any atom is 0.329 e. The molecule has 4 nitrogen and oxygen atoms in total. The Kier molecular flexibility index (Phi) is 3.73. The topological polar surface area (TPSA) is 54.9 Å². The molecule has 0 saturated carbocycles. The van der Waals surface area contributed by atoms with Crippen LogP contribution >= 0.6 is 27.5 Å². The van der Waals surface area contributed by atoms with Crippen molar-refractivity contribution in [1.82, 2.24) is 9.55 Å². The highest BCUT2D eigenvalue weighted by molar-refractivity contribution is 9.10. The zero-order valence-electron chi connectivity index (χ0n) is 9.54. The Morgan fingerprint density at radius 2 is 1.89 bits per heavy atom. The van der Waals surface area contributed by atoms with Crippen molar-refractivity contribution in [3.8, 4) is 11.1 Å². The van der Waals surface area contributed by atoms with Crippen LogP contribution in [0.5, 0.6) is 0 Å². The molecule has 18 heavy (non-hydrogen) atoms. The van der Waals surface area contributed by atoms with Gasteiger partial charge in [-0.1, -0.05) is 39.7 Å². The van der Waals surface area contributed by atoms with E-state index in [1.165, 1.54) is 0 Å². The molecule has 0 unspecified atom stereocenters. The lowest BCUT2D eigenvalue weighted by Crippen LogP contribution is -2.35. The van der Waals surface area contributed by atoms with Crippen LogP contribution in [0, 0.1) is 0 Å². The Bertz CT molecular complexity index is 689. The van der Waals surface area contributed by atoms with Gasteiger partial charge in [0.2, 0.25) is 0 Å². The number of hydrogen-bond donors (Lipinski definition) is 1. The zero-order chi connectivity index (χ0) is 13.3. The molecule has 0 fully saturated rings. The molecule has 1 N–H and O–H groups in total. The van der Waals surface area contributed by atoms with E-state index in [1.54, 1.807) is 19.1 Å². The van der Waals surface area contributed by atoms with Crippen LogP contribution in [0.3, 0.4) is 0 Å². The van der Waals surface area contributed by atoms with Crippen LogP contribution < -0.4 is 11.2 Å². The van der Waals surface area contributed by atoms with E-state index < -0.39 is 5.69 Å².